The summed E-state index contributed by atoms with van der Waals surface area (Å²) < 4.78 is 7.69. The van der Waals surface area contributed by atoms with Gasteiger partial charge in [-0.05, 0) is 61.8 Å². The molecule has 8 nitrogen and oxygen atoms in total. The number of rotatable bonds is 3. The first-order valence-corrected chi connectivity index (χ1v) is 10.3. The van der Waals surface area contributed by atoms with Gasteiger partial charge < -0.3 is 19.9 Å². The molecule has 1 saturated heterocycles. The second-order valence-corrected chi connectivity index (χ2v) is 8.09. The van der Waals surface area contributed by atoms with Crippen LogP contribution >= 0.6 is 0 Å². The van der Waals surface area contributed by atoms with Crippen molar-refractivity contribution in [3.63, 3.8) is 0 Å². The van der Waals surface area contributed by atoms with E-state index in [1.165, 1.54) is 22.4 Å². The SMILES string of the molecule is CN(C)C(=O)Nc1cn(C2CCCCO2)nc1-c1nc2cc3c(cc2[nH]1)CCC3. The Bertz CT molecular complexity index is 1020. The first kappa shape index (κ1) is 18.2. The molecule has 29 heavy (non-hydrogen) atoms. The predicted molar refractivity (Wildman–Crippen MR) is 111 cm³/mol. The number of ether oxygens (including phenoxy) is 1. The minimum Gasteiger partial charge on any atom is -0.357 e. The lowest BCUT2D eigenvalue weighted by Crippen LogP contribution is -2.27. The Kier molecular flexibility index (Phi) is 4.50. The number of nitrogens with one attached hydrogen (secondary N) is 2. The highest BCUT2D eigenvalue weighted by Gasteiger charge is 2.23. The maximum absolute atomic E-state index is 12.3. The molecule has 0 radical (unpaired) electrons. The van der Waals surface area contributed by atoms with Gasteiger partial charge in [0.1, 0.15) is 6.23 Å². The van der Waals surface area contributed by atoms with Crippen molar-refractivity contribution in [1.29, 1.82) is 0 Å². The number of aromatic nitrogens is 4. The first-order valence-electron chi connectivity index (χ1n) is 10.3. The molecule has 5 rings (SSSR count). The molecule has 3 aromatic rings. The summed E-state index contributed by atoms with van der Waals surface area (Å²) in [5.74, 6) is 0.660. The van der Waals surface area contributed by atoms with Crippen molar-refractivity contribution in [1.82, 2.24) is 24.6 Å². The van der Waals surface area contributed by atoms with E-state index in [4.69, 9.17) is 14.8 Å². The summed E-state index contributed by atoms with van der Waals surface area (Å²) in [6, 6.07) is 4.18. The summed E-state index contributed by atoms with van der Waals surface area (Å²) in [6.45, 7) is 0.732. The molecule has 2 aliphatic rings. The largest absolute Gasteiger partial charge is 0.357 e. The van der Waals surface area contributed by atoms with Crippen LogP contribution in [-0.2, 0) is 17.6 Å². The van der Waals surface area contributed by atoms with Crippen molar-refractivity contribution >= 4 is 22.8 Å². The van der Waals surface area contributed by atoms with Gasteiger partial charge in [0.2, 0.25) is 0 Å². The molecule has 0 spiro atoms. The summed E-state index contributed by atoms with van der Waals surface area (Å²) in [5.41, 5.74) is 5.99. The van der Waals surface area contributed by atoms with Gasteiger partial charge in [-0.1, -0.05) is 0 Å². The number of carbonyl (C=O) groups is 1. The number of fused-ring (bicyclic) bond motifs is 2. The van der Waals surface area contributed by atoms with Crippen LogP contribution < -0.4 is 5.32 Å². The zero-order valence-corrected chi connectivity index (χ0v) is 16.9. The van der Waals surface area contributed by atoms with Gasteiger partial charge in [0.15, 0.2) is 11.5 Å². The molecule has 2 N–H and O–H groups in total. The van der Waals surface area contributed by atoms with Gasteiger partial charge in [-0.25, -0.2) is 14.5 Å². The summed E-state index contributed by atoms with van der Waals surface area (Å²) in [7, 11) is 3.43. The second-order valence-electron chi connectivity index (χ2n) is 8.09. The van der Waals surface area contributed by atoms with Crippen LogP contribution in [0.25, 0.3) is 22.6 Å². The number of nitrogens with zero attached hydrogens (tertiary/aromatic N) is 4. The quantitative estimate of drug-likeness (QED) is 0.709. The first-order chi connectivity index (χ1) is 14.1. The Hall–Kier alpha value is -2.87. The summed E-state index contributed by atoms with van der Waals surface area (Å²) in [4.78, 5) is 22.0. The third kappa shape index (κ3) is 3.37. The number of anilines is 1. The van der Waals surface area contributed by atoms with Gasteiger partial charge in [0.05, 0.1) is 22.9 Å². The van der Waals surface area contributed by atoms with Crippen molar-refractivity contribution in [3.8, 4) is 11.5 Å². The summed E-state index contributed by atoms with van der Waals surface area (Å²) in [5, 5.41) is 7.70. The van der Waals surface area contributed by atoms with E-state index < -0.39 is 0 Å². The zero-order valence-electron chi connectivity index (χ0n) is 16.9. The predicted octanol–water partition coefficient (Wildman–Crippen LogP) is 3.71. The standard InChI is InChI=1S/C21H26N6O2/c1-26(2)21(28)24-17-12-27(18-8-3-4-9-29-18)25-19(17)20-22-15-10-13-6-5-7-14(13)11-16(15)23-20/h10-12,18H,3-9H2,1-2H3,(H,22,23)(H,24,28). The molecule has 1 aromatic carbocycles. The molecule has 0 saturated carbocycles. The molecule has 1 aliphatic heterocycles. The highest BCUT2D eigenvalue weighted by molar-refractivity contribution is 5.93. The van der Waals surface area contributed by atoms with Crippen molar-refractivity contribution in [2.45, 2.75) is 44.8 Å². The third-order valence-corrected chi connectivity index (χ3v) is 5.75. The lowest BCUT2D eigenvalue weighted by molar-refractivity contribution is -0.0393. The van der Waals surface area contributed by atoms with Crippen LogP contribution in [0.2, 0.25) is 0 Å². The van der Waals surface area contributed by atoms with Crippen molar-refractivity contribution in [2.75, 3.05) is 26.0 Å². The number of benzene rings is 1. The minimum absolute atomic E-state index is 0.110. The van der Waals surface area contributed by atoms with E-state index in [0.29, 0.717) is 17.2 Å². The Labute approximate surface area is 169 Å². The minimum atomic E-state index is -0.203. The molecular formula is C21H26N6O2. The maximum Gasteiger partial charge on any atom is 0.321 e. The second kappa shape index (κ2) is 7.18. The molecule has 2 amide bonds. The van der Waals surface area contributed by atoms with Gasteiger partial charge in [-0.2, -0.15) is 5.10 Å². The fourth-order valence-electron chi connectivity index (χ4n) is 4.16. The van der Waals surface area contributed by atoms with E-state index in [1.807, 2.05) is 10.9 Å². The van der Waals surface area contributed by atoms with Crippen LogP contribution in [0.5, 0.6) is 0 Å². The Morgan fingerprint density at radius 2 is 2.07 bits per heavy atom. The fourth-order valence-corrected chi connectivity index (χ4v) is 4.16. The number of imidazole rings is 1. The van der Waals surface area contributed by atoms with Crippen LogP contribution in [0, 0.1) is 0 Å². The normalized spacial score (nSPS) is 18.8. The Balaban J connectivity index is 1.55. The molecule has 1 fully saturated rings. The average molecular weight is 394 g/mol. The van der Waals surface area contributed by atoms with Gasteiger partial charge in [-0.3, -0.25) is 0 Å². The lowest BCUT2D eigenvalue weighted by atomic mass is 10.1. The van der Waals surface area contributed by atoms with E-state index in [9.17, 15) is 4.79 Å². The number of hydrogen-bond donors (Lipinski definition) is 2. The maximum atomic E-state index is 12.3. The van der Waals surface area contributed by atoms with Gasteiger partial charge in [-0.15, -0.1) is 0 Å². The monoisotopic (exact) mass is 394 g/mol. The van der Waals surface area contributed by atoms with E-state index in [0.717, 1.165) is 49.7 Å². The topological polar surface area (TPSA) is 88.1 Å². The van der Waals surface area contributed by atoms with E-state index in [1.54, 1.807) is 14.1 Å². The number of aryl methyl sites for hydroxylation is 2. The van der Waals surface area contributed by atoms with Crippen LogP contribution in [0.1, 0.15) is 43.0 Å². The van der Waals surface area contributed by atoms with Crippen molar-refractivity contribution in [2.24, 2.45) is 0 Å². The number of amides is 2. The molecular weight excluding hydrogens is 368 g/mol. The van der Waals surface area contributed by atoms with Crippen LogP contribution in [-0.4, -0.2) is 51.4 Å². The zero-order chi connectivity index (χ0) is 20.0. The third-order valence-electron chi connectivity index (χ3n) is 5.75. The molecule has 152 valence electrons. The summed E-state index contributed by atoms with van der Waals surface area (Å²) >= 11 is 0. The van der Waals surface area contributed by atoms with E-state index >= 15 is 0 Å². The lowest BCUT2D eigenvalue weighted by Gasteiger charge is -2.22. The molecule has 1 unspecified atom stereocenters. The molecule has 1 aliphatic carbocycles. The Morgan fingerprint density at radius 3 is 2.83 bits per heavy atom. The van der Waals surface area contributed by atoms with E-state index in [2.05, 4.69) is 22.4 Å². The number of hydrogen-bond acceptors (Lipinski definition) is 4. The van der Waals surface area contributed by atoms with Crippen LogP contribution in [0.3, 0.4) is 0 Å². The van der Waals surface area contributed by atoms with Crippen molar-refractivity contribution < 1.29 is 9.53 Å². The van der Waals surface area contributed by atoms with Gasteiger partial charge >= 0.3 is 6.03 Å². The van der Waals surface area contributed by atoms with Crippen LogP contribution in [0.4, 0.5) is 10.5 Å². The van der Waals surface area contributed by atoms with Gasteiger partial charge in [0.25, 0.3) is 0 Å². The smallest absolute Gasteiger partial charge is 0.321 e. The highest BCUT2D eigenvalue weighted by atomic mass is 16.5. The number of H-pyrrole nitrogens is 1. The number of aromatic amines is 1. The highest BCUT2D eigenvalue weighted by Crippen LogP contribution is 2.32. The van der Waals surface area contributed by atoms with Crippen LogP contribution in [0.15, 0.2) is 18.3 Å². The number of carbonyl (C=O) groups excluding carboxylic acids is 1. The summed E-state index contributed by atoms with van der Waals surface area (Å²) in [6.07, 6.45) is 8.28. The molecule has 1 atom stereocenters. The molecule has 8 heteroatoms. The molecule has 2 aromatic heterocycles. The molecule has 3 heterocycles. The number of urea groups is 1. The van der Waals surface area contributed by atoms with Gasteiger partial charge in [0, 0.05) is 20.7 Å². The van der Waals surface area contributed by atoms with E-state index in [-0.39, 0.29) is 12.3 Å². The van der Waals surface area contributed by atoms with Crippen molar-refractivity contribution in [3.05, 3.63) is 29.5 Å². The fraction of sp³-hybridized carbons (Fsp3) is 0.476. The Morgan fingerprint density at radius 1 is 1.24 bits per heavy atom. The average Bonchev–Trinajstić information content (AvgIpc) is 3.43. The molecule has 0 bridgehead atoms.